The first-order valence-corrected chi connectivity index (χ1v) is 6.67. The Hall–Kier alpha value is -1.26. The van der Waals surface area contributed by atoms with Gasteiger partial charge in [-0.2, -0.15) is 0 Å². The van der Waals surface area contributed by atoms with Crippen LogP contribution in [0.4, 0.5) is 4.79 Å². The quantitative estimate of drug-likeness (QED) is 0.809. The molecule has 1 atom stereocenters. The number of nitrogens with one attached hydrogen (secondary N) is 1. The van der Waals surface area contributed by atoms with Crippen molar-refractivity contribution in [2.24, 2.45) is 5.92 Å². The number of carbonyl (C=O) groups is 2. The summed E-state index contributed by atoms with van der Waals surface area (Å²) in [6.45, 7) is 6.94. The van der Waals surface area contributed by atoms with Gasteiger partial charge in [0.25, 0.3) is 0 Å². The lowest BCUT2D eigenvalue weighted by atomic mass is 9.89. The molecule has 0 aliphatic carbocycles. The van der Waals surface area contributed by atoms with Crippen molar-refractivity contribution >= 4 is 12.0 Å². The van der Waals surface area contributed by atoms with E-state index >= 15 is 0 Å². The molecule has 1 fully saturated rings. The zero-order valence-electron chi connectivity index (χ0n) is 11.5. The van der Waals surface area contributed by atoms with E-state index in [4.69, 9.17) is 0 Å². The van der Waals surface area contributed by atoms with Crippen molar-refractivity contribution in [2.75, 3.05) is 13.1 Å². The molecule has 1 aliphatic heterocycles. The third-order valence-electron chi connectivity index (χ3n) is 3.59. The SMILES string of the molecule is CC(C)CCNC(=O)N1CCCCC1(C)C(=O)O. The number of hydrogen-bond donors (Lipinski definition) is 2. The van der Waals surface area contributed by atoms with Crippen LogP contribution in [0.5, 0.6) is 0 Å². The summed E-state index contributed by atoms with van der Waals surface area (Å²) in [6.07, 6.45) is 3.17. The van der Waals surface area contributed by atoms with Crippen LogP contribution in [0, 0.1) is 5.92 Å². The van der Waals surface area contributed by atoms with Gasteiger partial charge in [0.05, 0.1) is 0 Å². The molecule has 1 rings (SSSR count). The summed E-state index contributed by atoms with van der Waals surface area (Å²) in [5.41, 5.74) is -1.06. The summed E-state index contributed by atoms with van der Waals surface area (Å²) >= 11 is 0. The van der Waals surface area contributed by atoms with Crippen molar-refractivity contribution in [3.05, 3.63) is 0 Å². The zero-order valence-corrected chi connectivity index (χ0v) is 11.5. The lowest BCUT2D eigenvalue weighted by Crippen LogP contribution is -2.60. The number of carboxylic acid groups (broad SMARTS) is 1. The van der Waals surface area contributed by atoms with E-state index in [-0.39, 0.29) is 6.03 Å². The van der Waals surface area contributed by atoms with Crippen LogP contribution in [0.15, 0.2) is 0 Å². The molecular formula is C13H24N2O3. The molecule has 0 spiro atoms. The summed E-state index contributed by atoms with van der Waals surface area (Å²) in [7, 11) is 0. The molecule has 104 valence electrons. The first kappa shape index (κ1) is 14.8. The van der Waals surface area contributed by atoms with E-state index in [0.717, 1.165) is 19.3 Å². The van der Waals surface area contributed by atoms with Gasteiger partial charge in [-0.15, -0.1) is 0 Å². The largest absolute Gasteiger partial charge is 0.480 e. The third kappa shape index (κ3) is 3.37. The first-order valence-electron chi connectivity index (χ1n) is 6.67. The highest BCUT2D eigenvalue weighted by atomic mass is 16.4. The number of amides is 2. The maximum absolute atomic E-state index is 12.1. The van der Waals surface area contributed by atoms with E-state index < -0.39 is 11.5 Å². The minimum absolute atomic E-state index is 0.250. The fraction of sp³-hybridized carbons (Fsp3) is 0.846. The topological polar surface area (TPSA) is 69.6 Å². The molecule has 5 heteroatoms. The fourth-order valence-corrected chi connectivity index (χ4v) is 2.23. The van der Waals surface area contributed by atoms with Gasteiger partial charge in [-0.3, -0.25) is 0 Å². The summed E-state index contributed by atoms with van der Waals surface area (Å²) < 4.78 is 0. The number of piperidine rings is 1. The number of urea groups is 1. The predicted molar refractivity (Wildman–Crippen MR) is 69.5 cm³/mol. The lowest BCUT2D eigenvalue weighted by molar-refractivity contribution is -0.150. The second-order valence-electron chi connectivity index (χ2n) is 5.60. The Bertz CT molecular complexity index is 317. The van der Waals surface area contributed by atoms with Crippen molar-refractivity contribution < 1.29 is 14.7 Å². The minimum Gasteiger partial charge on any atom is -0.480 e. The van der Waals surface area contributed by atoms with Crippen molar-refractivity contribution in [1.82, 2.24) is 10.2 Å². The Balaban J connectivity index is 2.61. The average molecular weight is 256 g/mol. The van der Waals surface area contributed by atoms with E-state index in [1.165, 1.54) is 4.90 Å². The number of aliphatic carboxylic acids is 1. The van der Waals surface area contributed by atoms with Crippen LogP contribution in [0.25, 0.3) is 0 Å². The number of rotatable bonds is 4. The number of hydrogen-bond acceptors (Lipinski definition) is 2. The van der Waals surface area contributed by atoms with E-state index in [9.17, 15) is 14.7 Å². The van der Waals surface area contributed by atoms with Gasteiger partial charge in [0.15, 0.2) is 0 Å². The third-order valence-corrected chi connectivity index (χ3v) is 3.59. The Morgan fingerprint density at radius 3 is 2.61 bits per heavy atom. The second-order valence-corrected chi connectivity index (χ2v) is 5.60. The molecule has 2 amide bonds. The molecule has 0 radical (unpaired) electrons. The minimum atomic E-state index is -1.06. The van der Waals surface area contributed by atoms with Gasteiger partial charge in [-0.25, -0.2) is 9.59 Å². The number of nitrogens with zero attached hydrogens (tertiary/aromatic N) is 1. The molecule has 1 aliphatic rings. The summed E-state index contributed by atoms with van der Waals surface area (Å²) in [5, 5.41) is 12.1. The van der Waals surface area contributed by atoms with Gasteiger partial charge in [-0.05, 0) is 38.5 Å². The van der Waals surface area contributed by atoms with Crippen LogP contribution in [0.1, 0.15) is 46.5 Å². The van der Waals surface area contributed by atoms with Gasteiger partial charge in [-0.1, -0.05) is 13.8 Å². The summed E-state index contributed by atoms with van der Waals surface area (Å²) in [4.78, 5) is 24.9. The Morgan fingerprint density at radius 2 is 2.06 bits per heavy atom. The first-order chi connectivity index (χ1) is 8.38. The molecule has 0 bridgehead atoms. The molecule has 1 unspecified atom stereocenters. The molecule has 0 aromatic heterocycles. The monoisotopic (exact) mass is 256 g/mol. The van der Waals surface area contributed by atoms with Gasteiger partial charge >= 0.3 is 12.0 Å². The fourth-order valence-electron chi connectivity index (χ4n) is 2.23. The Kier molecular flexibility index (Phi) is 4.99. The summed E-state index contributed by atoms with van der Waals surface area (Å²) in [5.74, 6) is -0.390. The Labute approximate surface area is 109 Å². The molecule has 0 aromatic carbocycles. The Morgan fingerprint density at radius 1 is 1.39 bits per heavy atom. The van der Waals surface area contributed by atoms with E-state index in [0.29, 0.717) is 25.4 Å². The lowest BCUT2D eigenvalue weighted by Gasteiger charge is -2.41. The molecule has 0 aromatic rings. The summed E-state index contributed by atoms with van der Waals surface area (Å²) in [6, 6.07) is -0.250. The second kappa shape index (κ2) is 6.07. The van der Waals surface area contributed by atoms with Crippen LogP contribution in [-0.4, -0.2) is 40.6 Å². The van der Waals surface area contributed by atoms with E-state index in [1.807, 2.05) is 0 Å². The zero-order chi connectivity index (χ0) is 13.8. The van der Waals surface area contributed by atoms with Gasteiger partial charge in [0.1, 0.15) is 5.54 Å². The number of likely N-dealkylation sites (tertiary alicyclic amines) is 1. The van der Waals surface area contributed by atoms with Crippen LogP contribution in [0.3, 0.4) is 0 Å². The molecule has 18 heavy (non-hydrogen) atoms. The predicted octanol–water partition coefficient (Wildman–Crippen LogP) is 2.07. The van der Waals surface area contributed by atoms with Crippen molar-refractivity contribution in [1.29, 1.82) is 0 Å². The van der Waals surface area contributed by atoms with Crippen LogP contribution >= 0.6 is 0 Å². The van der Waals surface area contributed by atoms with Gasteiger partial charge in [0, 0.05) is 13.1 Å². The van der Waals surface area contributed by atoms with Gasteiger partial charge in [0.2, 0.25) is 0 Å². The van der Waals surface area contributed by atoms with Gasteiger partial charge < -0.3 is 15.3 Å². The molecule has 1 heterocycles. The maximum Gasteiger partial charge on any atom is 0.329 e. The number of carboxylic acids is 1. The van der Waals surface area contributed by atoms with Crippen molar-refractivity contribution in [3.8, 4) is 0 Å². The highest BCUT2D eigenvalue weighted by molar-refractivity contribution is 5.86. The van der Waals surface area contributed by atoms with Crippen LogP contribution < -0.4 is 5.32 Å². The molecule has 5 nitrogen and oxygen atoms in total. The smallest absolute Gasteiger partial charge is 0.329 e. The van der Waals surface area contributed by atoms with Crippen LogP contribution in [0.2, 0.25) is 0 Å². The van der Waals surface area contributed by atoms with Crippen molar-refractivity contribution in [2.45, 2.75) is 52.0 Å². The molecule has 0 saturated carbocycles. The maximum atomic E-state index is 12.1. The number of carbonyl (C=O) groups excluding carboxylic acids is 1. The molecular weight excluding hydrogens is 232 g/mol. The standard InChI is InChI=1S/C13H24N2O3/c1-10(2)6-8-14-12(18)15-9-5-4-7-13(15,3)11(16)17/h10H,4-9H2,1-3H3,(H,14,18)(H,16,17). The molecule has 2 N–H and O–H groups in total. The normalized spacial score (nSPS) is 24.1. The van der Waals surface area contributed by atoms with Crippen LogP contribution in [-0.2, 0) is 4.79 Å². The van der Waals surface area contributed by atoms with E-state index in [1.54, 1.807) is 6.92 Å². The highest BCUT2D eigenvalue weighted by Gasteiger charge is 2.43. The molecule has 1 saturated heterocycles. The van der Waals surface area contributed by atoms with Crippen molar-refractivity contribution in [3.63, 3.8) is 0 Å². The van der Waals surface area contributed by atoms with E-state index in [2.05, 4.69) is 19.2 Å². The average Bonchev–Trinajstić information content (AvgIpc) is 2.28. The highest BCUT2D eigenvalue weighted by Crippen LogP contribution is 2.28.